The van der Waals surface area contributed by atoms with Crippen molar-refractivity contribution in [1.82, 2.24) is 0 Å². The van der Waals surface area contributed by atoms with Crippen molar-refractivity contribution < 1.29 is 8.83 Å². The third kappa shape index (κ3) is 4.61. The van der Waals surface area contributed by atoms with Gasteiger partial charge >= 0.3 is 0 Å². The maximum Gasteiger partial charge on any atom is 0.159 e. The fourth-order valence-corrected chi connectivity index (χ4v) is 8.75. The molecule has 0 amide bonds. The summed E-state index contributed by atoms with van der Waals surface area (Å²) in [6.45, 7) is 4.67. The molecule has 256 valence electrons. The summed E-state index contributed by atoms with van der Waals surface area (Å²) in [5.74, 6) is 0. The van der Waals surface area contributed by atoms with Crippen LogP contribution in [0.4, 0.5) is 17.1 Å². The van der Waals surface area contributed by atoms with Crippen LogP contribution in [0.2, 0.25) is 0 Å². The number of fused-ring (bicyclic) bond motifs is 9. The minimum absolute atomic E-state index is 0.137. The third-order valence-electron chi connectivity index (χ3n) is 11.5. The molecule has 2 aromatic heterocycles. The lowest BCUT2D eigenvalue weighted by Crippen LogP contribution is -2.16. The maximum absolute atomic E-state index is 6.96. The molecule has 2 heterocycles. The molecule has 0 saturated heterocycles. The van der Waals surface area contributed by atoms with Crippen LogP contribution in [0.25, 0.3) is 77.3 Å². The van der Waals surface area contributed by atoms with E-state index in [1.54, 1.807) is 0 Å². The van der Waals surface area contributed by atoms with E-state index in [4.69, 9.17) is 8.83 Å². The zero-order valence-corrected chi connectivity index (χ0v) is 30.0. The smallest absolute Gasteiger partial charge is 0.159 e. The van der Waals surface area contributed by atoms with E-state index in [1.165, 1.54) is 33.4 Å². The highest BCUT2D eigenvalue weighted by atomic mass is 16.3. The van der Waals surface area contributed by atoms with Gasteiger partial charge < -0.3 is 13.7 Å². The largest absolute Gasteiger partial charge is 0.456 e. The molecule has 54 heavy (non-hydrogen) atoms. The van der Waals surface area contributed by atoms with Crippen molar-refractivity contribution in [2.24, 2.45) is 0 Å². The first-order chi connectivity index (χ1) is 26.5. The standard InChI is InChI=1S/C51H35NO2/c1-51(2)44-21-10-9-19-38(44)39-25-24-37(29-45(39)51)52(36-18-11-17-34(27-36)32-13-5-3-6-14-32)46-22-12-20-40-42-30-48-43(31-49(42)54-50(40)46)41-28-35(23-26-47(41)53-48)33-15-7-4-8-16-33/h3-31H,1-2H3. The summed E-state index contributed by atoms with van der Waals surface area (Å²) < 4.78 is 13.4. The number of furan rings is 2. The second kappa shape index (κ2) is 11.6. The van der Waals surface area contributed by atoms with Crippen LogP contribution < -0.4 is 4.90 Å². The second-order valence-corrected chi connectivity index (χ2v) is 14.9. The molecule has 0 spiro atoms. The minimum Gasteiger partial charge on any atom is -0.456 e. The van der Waals surface area contributed by atoms with Crippen LogP contribution in [0.15, 0.2) is 185 Å². The van der Waals surface area contributed by atoms with Crippen molar-refractivity contribution in [1.29, 1.82) is 0 Å². The van der Waals surface area contributed by atoms with Gasteiger partial charge in [0.15, 0.2) is 5.58 Å². The first kappa shape index (κ1) is 30.8. The number of hydrogen-bond acceptors (Lipinski definition) is 3. The average Bonchev–Trinajstić information content (AvgIpc) is 3.85. The van der Waals surface area contributed by atoms with Crippen LogP contribution >= 0.6 is 0 Å². The molecule has 0 radical (unpaired) electrons. The lowest BCUT2D eigenvalue weighted by Gasteiger charge is -2.28. The fourth-order valence-electron chi connectivity index (χ4n) is 8.75. The summed E-state index contributed by atoms with van der Waals surface area (Å²) in [5, 5.41) is 4.21. The number of nitrogens with zero attached hydrogens (tertiary/aromatic N) is 1. The van der Waals surface area contributed by atoms with Gasteiger partial charge in [-0.1, -0.05) is 135 Å². The summed E-state index contributed by atoms with van der Waals surface area (Å²) in [4.78, 5) is 2.36. The van der Waals surface area contributed by atoms with Crippen molar-refractivity contribution in [2.75, 3.05) is 4.90 Å². The van der Waals surface area contributed by atoms with E-state index in [-0.39, 0.29) is 5.41 Å². The Morgan fingerprint density at radius 2 is 1.00 bits per heavy atom. The van der Waals surface area contributed by atoms with Crippen molar-refractivity contribution in [3.05, 3.63) is 187 Å². The van der Waals surface area contributed by atoms with Crippen molar-refractivity contribution >= 4 is 60.9 Å². The van der Waals surface area contributed by atoms with Gasteiger partial charge in [-0.15, -0.1) is 0 Å². The molecule has 1 aliphatic carbocycles. The molecule has 10 aromatic rings. The monoisotopic (exact) mass is 693 g/mol. The Morgan fingerprint density at radius 1 is 0.389 bits per heavy atom. The van der Waals surface area contributed by atoms with Crippen LogP contribution in [0.5, 0.6) is 0 Å². The van der Waals surface area contributed by atoms with Gasteiger partial charge in [0.25, 0.3) is 0 Å². The fraction of sp³-hybridized carbons (Fsp3) is 0.0588. The Balaban J connectivity index is 1.12. The molecule has 1 aliphatic rings. The molecule has 3 heteroatoms. The first-order valence-corrected chi connectivity index (χ1v) is 18.6. The summed E-state index contributed by atoms with van der Waals surface area (Å²) in [5.41, 5.74) is 16.3. The van der Waals surface area contributed by atoms with Crippen LogP contribution in [0.1, 0.15) is 25.0 Å². The zero-order valence-electron chi connectivity index (χ0n) is 30.0. The molecule has 0 N–H and O–H groups in total. The number of anilines is 3. The Labute approximate surface area is 313 Å². The van der Waals surface area contributed by atoms with Crippen molar-refractivity contribution in [2.45, 2.75) is 19.3 Å². The zero-order chi connectivity index (χ0) is 36.0. The quantitative estimate of drug-likeness (QED) is 0.180. The lowest BCUT2D eigenvalue weighted by molar-refractivity contribution is 0.660. The number of rotatable bonds is 5. The summed E-state index contributed by atoms with van der Waals surface area (Å²) in [6.07, 6.45) is 0. The van der Waals surface area contributed by atoms with E-state index in [9.17, 15) is 0 Å². The van der Waals surface area contributed by atoms with Crippen LogP contribution in [-0.2, 0) is 5.41 Å². The van der Waals surface area contributed by atoms with Gasteiger partial charge in [-0.25, -0.2) is 0 Å². The van der Waals surface area contributed by atoms with Gasteiger partial charge in [0.2, 0.25) is 0 Å². The normalized spacial score (nSPS) is 13.1. The van der Waals surface area contributed by atoms with E-state index in [2.05, 4.69) is 189 Å². The third-order valence-corrected chi connectivity index (χ3v) is 11.5. The van der Waals surface area contributed by atoms with Crippen molar-refractivity contribution in [3.63, 3.8) is 0 Å². The predicted octanol–water partition coefficient (Wildman–Crippen LogP) is 14.6. The maximum atomic E-state index is 6.96. The Morgan fingerprint density at radius 3 is 1.80 bits per heavy atom. The van der Waals surface area contributed by atoms with Gasteiger partial charge in [0.1, 0.15) is 16.7 Å². The molecule has 0 saturated carbocycles. The van der Waals surface area contributed by atoms with Gasteiger partial charge in [0.05, 0.1) is 5.69 Å². The van der Waals surface area contributed by atoms with Crippen LogP contribution in [0.3, 0.4) is 0 Å². The highest BCUT2D eigenvalue weighted by Crippen LogP contribution is 2.51. The van der Waals surface area contributed by atoms with Crippen LogP contribution in [0, 0.1) is 0 Å². The molecule has 0 fully saturated rings. The highest BCUT2D eigenvalue weighted by Gasteiger charge is 2.36. The summed E-state index contributed by atoms with van der Waals surface area (Å²) in [6, 6.07) is 62.9. The molecule has 0 atom stereocenters. The second-order valence-electron chi connectivity index (χ2n) is 14.9. The lowest BCUT2D eigenvalue weighted by atomic mass is 9.82. The molecule has 3 nitrogen and oxygen atoms in total. The highest BCUT2D eigenvalue weighted by molar-refractivity contribution is 6.17. The minimum atomic E-state index is -0.137. The Kier molecular flexibility index (Phi) is 6.60. The molecular weight excluding hydrogens is 659 g/mol. The van der Waals surface area contributed by atoms with Gasteiger partial charge in [0, 0.05) is 38.3 Å². The first-order valence-electron chi connectivity index (χ1n) is 18.6. The molecular formula is C51H35NO2. The average molecular weight is 694 g/mol. The van der Waals surface area contributed by atoms with Crippen LogP contribution in [-0.4, -0.2) is 0 Å². The number of para-hydroxylation sites is 1. The Bertz CT molecular complexity index is 3080. The predicted molar refractivity (Wildman–Crippen MR) is 224 cm³/mol. The molecule has 0 unspecified atom stereocenters. The molecule has 11 rings (SSSR count). The SMILES string of the molecule is CC1(C)c2ccccc2-c2ccc(N(c3cccc(-c4ccccc4)c3)c3cccc4c3oc3cc5c(cc34)oc3ccc(-c4ccccc4)cc35)cc21. The number of benzene rings is 8. The van der Waals surface area contributed by atoms with E-state index < -0.39 is 0 Å². The molecule has 0 aliphatic heterocycles. The molecule has 8 aromatic carbocycles. The van der Waals surface area contributed by atoms with Crippen molar-refractivity contribution in [3.8, 4) is 33.4 Å². The van der Waals surface area contributed by atoms with E-state index in [0.29, 0.717) is 0 Å². The van der Waals surface area contributed by atoms with Gasteiger partial charge in [-0.3, -0.25) is 0 Å². The van der Waals surface area contributed by atoms with E-state index in [1.807, 2.05) is 6.07 Å². The van der Waals surface area contributed by atoms with Gasteiger partial charge in [-0.05, 0) is 99.1 Å². The summed E-state index contributed by atoms with van der Waals surface area (Å²) >= 11 is 0. The topological polar surface area (TPSA) is 29.5 Å². The number of hydrogen-bond donors (Lipinski definition) is 0. The Hall–Kier alpha value is -6.84. The van der Waals surface area contributed by atoms with Gasteiger partial charge in [-0.2, -0.15) is 0 Å². The summed E-state index contributed by atoms with van der Waals surface area (Å²) in [7, 11) is 0. The molecule has 0 bridgehead atoms. The van der Waals surface area contributed by atoms with E-state index in [0.717, 1.165) is 72.1 Å². The van der Waals surface area contributed by atoms with E-state index >= 15 is 0 Å².